The number of methoxy groups -OCH3 is 1. The maximum Gasteiger partial charge on any atom is 0.118 e. The summed E-state index contributed by atoms with van der Waals surface area (Å²) in [5, 5.41) is 3.64. The molecule has 2 unspecified atom stereocenters. The summed E-state index contributed by atoms with van der Waals surface area (Å²) in [5.41, 5.74) is 2.07. The van der Waals surface area contributed by atoms with E-state index in [-0.39, 0.29) is 5.54 Å². The van der Waals surface area contributed by atoms with Gasteiger partial charge >= 0.3 is 0 Å². The SMILES string of the molecule is CCC1(c2ccc(OC)cc2)CC1CNC(C)(C)C. The van der Waals surface area contributed by atoms with Gasteiger partial charge in [-0.3, -0.25) is 0 Å². The van der Waals surface area contributed by atoms with E-state index in [2.05, 4.69) is 57.3 Å². The Balaban J connectivity index is 2.04. The number of benzene rings is 1. The molecule has 1 aromatic carbocycles. The average Bonchev–Trinajstić information content (AvgIpc) is 3.11. The van der Waals surface area contributed by atoms with Gasteiger partial charge in [0.15, 0.2) is 0 Å². The van der Waals surface area contributed by atoms with Crippen LogP contribution < -0.4 is 10.1 Å². The third-order valence-electron chi connectivity index (χ3n) is 4.41. The highest BCUT2D eigenvalue weighted by Gasteiger charge is 2.53. The summed E-state index contributed by atoms with van der Waals surface area (Å²) in [6, 6.07) is 8.64. The van der Waals surface area contributed by atoms with Crippen LogP contribution in [0.15, 0.2) is 24.3 Å². The van der Waals surface area contributed by atoms with Crippen molar-refractivity contribution in [2.24, 2.45) is 5.92 Å². The molecule has 2 rings (SSSR count). The van der Waals surface area contributed by atoms with Gasteiger partial charge in [0.2, 0.25) is 0 Å². The highest BCUT2D eigenvalue weighted by molar-refractivity contribution is 5.37. The van der Waals surface area contributed by atoms with Gasteiger partial charge in [0, 0.05) is 5.54 Å². The summed E-state index contributed by atoms with van der Waals surface area (Å²) in [4.78, 5) is 0. The summed E-state index contributed by atoms with van der Waals surface area (Å²) in [5.74, 6) is 1.71. The third-order valence-corrected chi connectivity index (χ3v) is 4.41. The molecule has 0 aliphatic heterocycles. The Hall–Kier alpha value is -1.02. The fourth-order valence-electron chi connectivity index (χ4n) is 2.99. The standard InChI is InChI=1S/C17H27NO/c1-6-17(11-14(17)12-18-16(2,3)4)13-7-9-15(19-5)10-8-13/h7-10,14,18H,6,11-12H2,1-5H3. The van der Waals surface area contributed by atoms with Crippen LogP contribution in [0.4, 0.5) is 0 Å². The number of hydrogen-bond donors (Lipinski definition) is 1. The lowest BCUT2D eigenvalue weighted by Crippen LogP contribution is -2.38. The maximum absolute atomic E-state index is 5.24. The highest BCUT2D eigenvalue weighted by atomic mass is 16.5. The molecule has 1 aliphatic carbocycles. The Morgan fingerprint density at radius 1 is 1.26 bits per heavy atom. The molecule has 1 N–H and O–H groups in total. The minimum Gasteiger partial charge on any atom is -0.497 e. The fourth-order valence-corrected chi connectivity index (χ4v) is 2.99. The minimum atomic E-state index is 0.210. The van der Waals surface area contributed by atoms with Gasteiger partial charge < -0.3 is 10.1 Å². The molecule has 2 atom stereocenters. The van der Waals surface area contributed by atoms with Gasteiger partial charge in [-0.25, -0.2) is 0 Å². The van der Waals surface area contributed by atoms with Crippen LogP contribution >= 0.6 is 0 Å². The first kappa shape index (κ1) is 14.4. The van der Waals surface area contributed by atoms with Crippen LogP contribution in [0.1, 0.15) is 46.1 Å². The Morgan fingerprint density at radius 2 is 1.89 bits per heavy atom. The highest BCUT2D eigenvalue weighted by Crippen LogP contribution is 2.56. The molecule has 1 fully saturated rings. The van der Waals surface area contributed by atoms with E-state index in [1.54, 1.807) is 7.11 Å². The predicted molar refractivity (Wildman–Crippen MR) is 80.8 cm³/mol. The molecule has 1 aliphatic rings. The number of nitrogens with one attached hydrogen (secondary N) is 1. The van der Waals surface area contributed by atoms with Crippen molar-refractivity contribution in [2.45, 2.75) is 51.5 Å². The van der Waals surface area contributed by atoms with Crippen LogP contribution in [0.3, 0.4) is 0 Å². The first-order valence-electron chi connectivity index (χ1n) is 7.31. The van der Waals surface area contributed by atoms with Gasteiger partial charge in [-0.15, -0.1) is 0 Å². The Kier molecular flexibility index (Phi) is 3.91. The van der Waals surface area contributed by atoms with E-state index in [4.69, 9.17) is 4.74 Å². The lowest BCUT2D eigenvalue weighted by Gasteiger charge is -2.22. The van der Waals surface area contributed by atoms with Gasteiger partial charge in [0.25, 0.3) is 0 Å². The molecular weight excluding hydrogens is 234 g/mol. The van der Waals surface area contributed by atoms with Gasteiger partial charge in [-0.05, 0) is 69.2 Å². The molecule has 2 heteroatoms. The average molecular weight is 261 g/mol. The van der Waals surface area contributed by atoms with Crippen molar-refractivity contribution in [3.8, 4) is 5.75 Å². The van der Waals surface area contributed by atoms with E-state index in [1.165, 1.54) is 18.4 Å². The molecule has 0 saturated heterocycles. The monoisotopic (exact) mass is 261 g/mol. The predicted octanol–water partition coefficient (Wildman–Crippen LogP) is 3.75. The molecular formula is C17H27NO. The number of ether oxygens (including phenoxy) is 1. The van der Waals surface area contributed by atoms with Crippen molar-refractivity contribution >= 4 is 0 Å². The molecule has 0 aromatic heterocycles. The van der Waals surface area contributed by atoms with E-state index in [9.17, 15) is 0 Å². The second-order valence-electron chi connectivity index (χ2n) is 6.77. The normalized spacial score (nSPS) is 26.3. The van der Waals surface area contributed by atoms with Gasteiger partial charge in [-0.1, -0.05) is 19.1 Å². The van der Waals surface area contributed by atoms with Crippen molar-refractivity contribution < 1.29 is 4.74 Å². The van der Waals surface area contributed by atoms with Crippen molar-refractivity contribution in [3.63, 3.8) is 0 Å². The summed E-state index contributed by atoms with van der Waals surface area (Å²) in [7, 11) is 1.72. The summed E-state index contributed by atoms with van der Waals surface area (Å²) in [6.45, 7) is 10.1. The van der Waals surface area contributed by atoms with Gasteiger partial charge in [0.05, 0.1) is 7.11 Å². The quantitative estimate of drug-likeness (QED) is 0.871. The zero-order valence-electron chi connectivity index (χ0n) is 12.9. The lowest BCUT2D eigenvalue weighted by atomic mass is 9.90. The van der Waals surface area contributed by atoms with Crippen LogP contribution in [0.25, 0.3) is 0 Å². The number of rotatable bonds is 5. The molecule has 0 spiro atoms. The molecule has 0 bridgehead atoms. The van der Waals surface area contributed by atoms with Crippen molar-refractivity contribution in [1.29, 1.82) is 0 Å². The fraction of sp³-hybridized carbons (Fsp3) is 0.647. The zero-order valence-corrected chi connectivity index (χ0v) is 12.9. The largest absolute Gasteiger partial charge is 0.497 e. The van der Waals surface area contributed by atoms with E-state index in [0.717, 1.165) is 18.2 Å². The molecule has 1 aromatic rings. The molecule has 0 radical (unpaired) electrons. The number of hydrogen-bond acceptors (Lipinski definition) is 2. The van der Waals surface area contributed by atoms with Gasteiger partial charge in [0.1, 0.15) is 5.75 Å². The molecule has 1 saturated carbocycles. The van der Waals surface area contributed by atoms with Crippen LogP contribution in [0.2, 0.25) is 0 Å². The smallest absolute Gasteiger partial charge is 0.118 e. The Bertz CT molecular complexity index is 418. The van der Waals surface area contributed by atoms with E-state index >= 15 is 0 Å². The Morgan fingerprint density at radius 3 is 2.37 bits per heavy atom. The first-order chi connectivity index (χ1) is 8.91. The zero-order chi connectivity index (χ0) is 14.1. The molecule has 2 nitrogen and oxygen atoms in total. The molecule has 0 heterocycles. The summed E-state index contributed by atoms with van der Waals surface area (Å²) >= 11 is 0. The van der Waals surface area contributed by atoms with Crippen molar-refractivity contribution in [3.05, 3.63) is 29.8 Å². The molecule has 106 valence electrons. The first-order valence-corrected chi connectivity index (χ1v) is 7.31. The van der Waals surface area contributed by atoms with Crippen LogP contribution in [0.5, 0.6) is 5.75 Å². The third kappa shape index (κ3) is 3.11. The van der Waals surface area contributed by atoms with E-state index in [0.29, 0.717) is 5.41 Å². The minimum absolute atomic E-state index is 0.210. The van der Waals surface area contributed by atoms with Crippen molar-refractivity contribution in [2.75, 3.05) is 13.7 Å². The second-order valence-corrected chi connectivity index (χ2v) is 6.77. The summed E-state index contributed by atoms with van der Waals surface area (Å²) < 4.78 is 5.24. The maximum atomic E-state index is 5.24. The topological polar surface area (TPSA) is 21.3 Å². The Labute approximate surface area is 117 Å². The second kappa shape index (κ2) is 5.16. The van der Waals surface area contributed by atoms with E-state index in [1.807, 2.05) is 0 Å². The molecule has 19 heavy (non-hydrogen) atoms. The van der Waals surface area contributed by atoms with Gasteiger partial charge in [-0.2, -0.15) is 0 Å². The van der Waals surface area contributed by atoms with E-state index < -0.39 is 0 Å². The molecule has 0 amide bonds. The summed E-state index contributed by atoms with van der Waals surface area (Å²) in [6.07, 6.45) is 2.52. The van der Waals surface area contributed by atoms with Crippen LogP contribution in [-0.4, -0.2) is 19.2 Å². The lowest BCUT2D eigenvalue weighted by molar-refractivity contribution is 0.400. The van der Waals surface area contributed by atoms with Crippen LogP contribution in [0, 0.1) is 5.92 Å². The van der Waals surface area contributed by atoms with Crippen molar-refractivity contribution in [1.82, 2.24) is 5.32 Å². The van der Waals surface area contributed by atoms with Crippen LogP contribution in [-0.2, 0) is 5.41 Å².